The van der Waals surface area contributed by atoms with E-state index in [1.54, 1.807) is 13.0 Å². The van der Waals surface area contributed by atoms with Gasteiger partial charge < -0.3 is 9.47 Å². The average molecular weight is 257 g/mol. The molecule has 2 aromatic rings. The SMILES string of the molecule is COc1cc(C)nc2ccc(OC(F)(F)F)cc12. The maximum Gasteiger partial charge on any atom is 0.573 e. The molecule has 0 saturated heterocycles. The molecular weight excluding hydrogens is 247 g/mol. The molecule has 0 fully saturated rings. The largest absolute Gasteiger partial charge is 0.573 e. The number of hydrogen-bond donors (Lipinski definition) is 0. The van der Waals surface area contributed by atoms with Gasteiger partial charge in [0.2, 0.25) is 0 Å². The molecule has 0 N–H and O–H groups in total. The van der Waals surface area contributed by atoms with E-state index in [0.717, 1.165) is 5.69 Å². The monoisotopic (exact) mass is 257 g/mol. The molecule has 0 unspecified atom stereocenters. The van der Waals surface area contributed by atoms with E-state index >= 15 is 0 Å². The van der Waals surface area contributed by atoms with Crippen LogP contribution in [0, 0.1) is 6.92 Å². The molecule has 2 rings (SSSR count). The molecule has 0 spiro atoms. The van der Waals surface area contributed by atoms with Crippen molar-refractivity contribution in [2.24, 2.45) is 0 Å². The second kappa shape index (κ2) is 4.36. The fourth-order valence-corrected chi connectivity index (χ4v) is 1.67. The van der Waals surface area contributed by atoms with Crippen molar-refractivity contribution in [1.82, 2.24) is 4.98 Å². The number of aromatic nitrogens is 1. The van der Waals surface area contributed by atoms with Crippen molar-refractivity contribution in [1.29, 1.82) is 0 Å². The lowest BCUT2D eigenvalue weighted by atomic mass is 10.1. The van der Waals surface area contributed by atoms with Gasteiger partial charge in [0.05, 0.1) is 12.6 Å². The van der Waals surface area contributed by atoms with Crippen molar-refractivity contribution >= 4 is 10.9 Å². The Kier molecular flexibility index (Phi) is 3.02. The summed E-state index contributed by atoms with van der Waals surface area (Å²) >= 11 is 0. The van der Waals surface area contributed by atoms with Gasteiger partial charge in [-0.05, 0) is 25.1 Å². The Balaban J connectivity index is 2.53. The molecule has 1 heterocycles. The Morgan fingerprint density at radius 2 is 1.89 bits per heavy atom. The number of rotatable bonds is 2. The topological polar surface area (TPSA) is 31.4 Å². The third-order valence-electron chi connectivity index (χ3n) is 2.32. The van der Waals surface area contributed by atoms with Gasteiger partial charge in [-0.1, -0.05) is 0 Å². The van der Waals surface area contributed by atoms with Crippen LogP contribution in [0.15, 0.2) is 24.3 Å². The van der Waals surface area contributed by atoms with Crippen molar-refractivity contribution in [2.45, 2.75) is 13.3 Å². The molecule has 0 atom stereocenters. The molecule has 0 amide bonds. The van der Waals surface area contributed by atoms with Crippen LogP contribution in [0.1, 0.15) is 5.69 Å². The first kappa shape index (κ1) is 12.5. The molecule has 96 valence electrons. The van der Waals surface area contributed by atoms with Gasteiger partial charge >= 0.3 is 6.36 Å². The van der Waals surface area contributed by atoms with Crippen LogP contribution in [0.25, 0.3) is 10.9 Å². The summed E-state index contributed by atoms with van der Waals surface area (Å²) in [5, 5.41) is 0.477. The number of alkyl halides is 3. The number of fused-ring (bicyclic) bond motifs is 1. The summed E-state index contributed by atoms with van der Waals surface area (Å²) in [5.74, 6) is 0.170. The van der Waals surface area contributed by atoms with Crippen molar-refractivity contribution in [2.75, 3.05) is 7.11 Å². The highest BCUT2D eigenvalue weighted by Gasteiger charge is 2.31. The maximum absolute atomic E-state index is 12.1. The lowest BCUT2D eigenvalue weighted by molar-refractivity contribution is -0.274. The Morgan fingerprint density at radius 3 is 2.50 bits per heavy atom. The molecule has 6 heteroatoms. The summed E-state index contributed by atoms with van der Waals surface area (Å²) < 4.78 is 45.3. The van der Waals surface area contributed by atoms with Crippen LogP contribution in [0.3, 0.4) is 0 Å². The zero-order chi connectivity index (χ0) is 13.3. The van der Waals surface area contributed by atoms with E-state index in [9.17, 15) is 13.2 Å². The van der Waals surface area contributed by atoms with Crippen LogP contribution in [-0.4, -0.2) is 18.5 Å². The van der Waals surface area contributed by atoms with Gasteiger partial charge in [-0.15, -0.1) is 13.2 Å². The van der Waals surface area contributed by atoms with Gasteiger partial charge in [-0.3, -0.25) is 4.98 Å². The number of halogens is 3. The van der Waals surface area contributed by atoms with E-state index < -0.39 is 6.36 Å². The minimum Gasteiger partial charge on any atom is -0.496 e. The zero-order valence-electron chi connectivity index (χ0n) is 9.71. The highest BCUT2D eigenvalue weighted by atomic mass is 19.4. The molecule has 0 aliphatic heterocycles. The molecule has 0 saturated carbocycles. The van der Waals surface area contributed by atoms with E-state index in [-0.39, 0.29) is 5.75 Å². The second-order valence-electron chi connectivity index (χ2n) is 3.69. The minimum absolute atomic E-state index is 0.293. The van der Waals surface area contributed by atoms with E-state index in [2.05, 4.69) is 9.72 Å². The lowest BCUT2D eigenvalue weighted by Gasteiger charge is -2.11. The predicted octanol–water partition coefficient (Wildman–Crippen LogP) is 3.45. The van der Waals surface area contributed by atoms with Gasteiger partial charge in [0.25, 0.3) is 0 Å². The minimum atomic E-state index is -4.71. The smallest absolute Gasteiger partial charge is 0.496 e. The molecule has 0 bridgehead atoms. The molecule has 0 aliphatic rings. The third-order valence-corrected chi connectivity index (χ3v) is 2.32. The Bertz CT molecular complexity index is 581. The molecular formula is C12H10F3NO2. The van der Waals surface area contributed by atoms with E-state index in [1.807, 2.05) is 0 Å². The van der Waals surface area contributed by atoms with Crippen LogP contribution in [-0.2, 0) is 0 Å². The first-order valence-corrected chi connectivity index (χ1v) is 5.10. The van der Waals surface area contributed by atoms with Crippen molar-refractivity contribution in [3.8, 4) is 11.5 Å². The summed E-state index contributed by atoms with van der Waals surface area (Å²) in [4.78, 5) is 4.21. The molecule has 18 heavy (non-hydrogen) atoms. The van der Waals surface area contributed by atoms with Crippen LogP contribution in [0.4, 0.5) is 13.2 Å². The van der Waals surface area contributed by atoms with Gasteiger partial charge in [-0.2, -0.15) is 0 Å². The molecule has 1 aromatic heterocycles. The van der Waals surface area contributed by atoms with Crippen molar-refractivity contribution in [3.63, 3.8) is 0 Å². The van der Waals surface area contributed by atoms with Crippen LogP contribution < -0.4 is 9.47 Å². The van der Waals surface area contributed by atoms with Gasteiger partial charge in [-0.25, -0.2) is 0 Å². The fourth-order valence-electron chi connectivity index (χ4n) is 1.67. The third kappa shape index (κ3) is 2.64. The number of pyridine rings is 1. The number of hydrogen-bond acceptors (Lipinski definition) is 3. The van der Waals surface area contributed by atoms with Crippen LogP contribution in [0.2, 0.25) is 0 Å². The number of benzene rings is 1. The quantitative estimate of drug-likeness (QED) is 0.825. The zero-order valence-corrected chi connectivity index (χ0v) is 9.71. The summed E-state index contributed by atoms with van der Waals surface area (Å²) in [7, 11) is 1.45. The summed E-state index contributed by atoms with van der Waals surface area (Å²) in [6.45, 7) is 1.78. The number of aryl methyl sites for hydroxylation is 1. The molecule has 0 aliphatic carbocycles. The Hall–Kier alpha value is -1.98. The number of methoxy groups -OCH3 is 1. The standard InChI is InChI=1S/C12H10F3NO2/c1-7-5-11(17-2)9-6-8(18-12(13,14)15)3-4-10(9)16-7/h3-6H,1-2H3. The Labute approximate surface area is 101 Å². The second-order valence-corrected chi connectivity index (χ2v) is 3.69. The summed E-state index contributed by atoms with van der Waals surface area (Å²) in [6.07, 6.45) is -4.71. The highest BCUT2D eigenvalue weighted by Crippen LogP contribution is 2.31. The summed E-state index contributed by atoms with van der Waals surface area (Å²) in [5.41, 5.74) is 1.28. The molecule has 3 nitrogen and oxygen atoms in total. The van der Waals surface area contributed by atoms with Gasteiger partial charge in [0, 0.05) is 17.1 Å². The lowest BCUT2D eigenvalue weighted by Crippen LogP contribution is -2.17. The average Bonchev–Trinajstić information content (AvgIpc) is 2.26. The van der Waals surface area contributed by atoms with Crippen molar-refractivity contribution in [3.05, 3.63) is 30.0 Å². The van der Waals surface area contributed by atoms with Gasteiger partial charge in [0.1, 0.15) is 11.5 Å². The van der Waals surface area contributed by atoms with Crippen molar-refractivity contribution < 1.29 is 22.6 Å². The maximum atomic E-state index is 12.1. The normalized spacial score (nSPS) is 11.6. The summed E-state index contributed by atoms with van der Waals surface area (Å²) in [6, 6.07) is 5.60. The van der Waals surface area contributed by atoms with E-state index in [0.29, 0.717) is 16.7 Å². The number of ether oxygens (including phenoxy) is 2. The first-order chi connectivity index (χ1) is 8.39. The molecule has 0 radical (unpaired) electrons. The van der Waals surface area contributed by atoms with Crippen LogP contribution in [0.5, 0.6) is 11.5 Å². The first-order valence-electron chi connectivity index (χ1n) is 5.10. The number of nitrogens with zero attached hydrogens (tertiary/aromatic N) is 1. The van der Waals surface area contributed by atoms with Gasteiger partial charge in [0.15, 0.2) is 0 Å². The van der Waals surface area contributed by atoms with Crippen LogP contribution >= 0.6 is 0 Å². The predicted molar refractivity (Wildman–Crippen MR) is 59.7 cm³/mol. The Morgan fingerprint density at radius 1 is 1.17 bits per heavy atom. The fraction of sp³-hybridized carbons (Fsp3) is 0.250. The highest BCUT2D eigenvalue weighted by molar-refractivity contribution is 5.86. The van der Waals surface area contributed by atoms with E-state index in [4.69, 9.17) is 4.74 Å². The molecule has 1 aromatic carbocycles. The van der Waals surface area contributed by atoms with E-state index in [1.165, 1.54) is 25.3 Å².